The van der Waals surface area contributed by atoms with E-state index in [4.69, 9.17) is 9.26 Å². The molecule has 0 unspecified atom stereocenters. The monoisotopic (exact) mass is 554 g/mol. The van der Waals surface area contributed by atoms with Crippen molar-refractivity contribution in [3.63, 3.8) is 0 Å². The lowest BCUT2D eigenvalue weighted by atomic mass is 10.1. The number of aromatic nitrogens is 5. The highest BCUT2D eigenvalue weighted by Crippen LogP contribution is 2.30. The molecule has 0 spiro atoms. The number of nitrogens with zero attached hydrogens (tertiary/aromatic N) is 6. The Morgan fingerprint density at radius 2 is 1.75 bits per heavy atom. The van der Waals surface area contributed by atoms with Crippen LogP contribution in [0.2, 0.25) is 0 Å². The van der Waals surface area contributed by atoms with Gasteiger partial charge >= 0.3 is 12.3 Å². The summed E-state index contributed by atoms with van der Waals surface area (Å²) in [7, 11) is 0. The van der Waals surface area contributed by atoms with E-state index in [-0.39, 0.29) is 12.1 Å². The van der Waals surface area contributed by atoms with E-state index < -0.39 is 17.3 Å². The maximum absolute atomic E-state index is 12.8. The van der Waals surface area contributed by atoms with Crippen molar-refractivity contribution in [1.82, 2.24) is 30.0 Å². The van der Waals surface area contributed by atoms with E-state index in [0.29, 0.717) is 42.5 Å². The topological polar surface area (TPSA) is 99.2 Å². The van der Waals surface area contributed by atoms with Crippen LogP contribution in [-0.2, 0) is 23.9 Å². The van der Waals surface area contributed by atoms with Gasteiger partial charge in [0.2, 0.25) is 11.7 Å². The quantitative estimate of drug-likeness (QED) is 0.288. The van der Waals surface area contributed by atoms with Crippen LogP contribution in [0.5, 0.6) is 0 Å². The lowest BCUT2D eigenvalue weighted by molar-refractivity contribution is -0.137. The number of hydrogen-bond donors (Lipinski definition) is 0. The summed E-state index contributed by atoms with van der Waals surface area (Å²) < 4.78 is 51.1. The van der Waals surface area contributed by atoms with Crippen LogP contribution in [-0.4, -0.2) is 54.3 Å². The van der Waals surface area contributed by atoms with Gasteiger partial charge in [-0.2, -0.15) is 18.2 Å². The Balaban J connectivity index is 1.20. The third-order valence-electron chi connectivity index (χ3n) is 6.49. The summed E-state index contributed by atoms with van der Waals surface area (Å²) in [4.78, 5) is 18.8. The predicted molar refractivity (Wildman–Crippen MR) is 139 cm³/mol. The minimum absolute atomic E-state index is 0.0549. The Bertz CT molecular complexity index is 1460. The van der Waals surface area contributed by atoms with Crippen LogP contribution in [0.25, 0.3) is 22.6 Å². The molecule has 1 aliphatic rings. The van der Waals surface area contributed by atoms with Gasteiger partial charge in [-0.3, -0.25) is 0 Å². The first-order valence-electron chi connectivity index (χ1n) is 12.9. The number of hydrogen-bond acceptors (Lipinski definition) is 7. The van der Waals surface area contributed by atoms with Crippen LogP contribution in [0, 0.1) is 0 Å². The Morgan fingerprint density at radius 1 is 1.05 bits per heavy atom. The summed E-state index contributed by atoms with van der Waals surface area (Å²) in [6, 6.07) is 12.3. The molecule has 1 atom stereocenters. The van der Waals surface area contributed by atoms with Crippen LogP contribution in [0.1, 0.15) is 50.6 Å². The number of carbonyl (C=O) groups excluding carboxylic acids is 1. The largest absolute Gasteiger partial charge is 0.444 e. The zero-order valence-electron chi connectivity index (χ0n) is 22.4. The van der Waals surface area contributed by atoms with Gasteiger partial charge in [0.25, 0.3) is 0 Å². The second-order valence-electron chi connectivity index (χ2n) is 10.8. The number of alkyl halides is 3. The van der Waals surface area contributed by atoms with Crippen LogP contribution in [0.3, 0.4) is 0 Å². The molecule has 40 heavy (non-hydrogen) atoms. The maximum atomic E-state index is 12.8. The molecular weight excluding hydrogens is 525 g/mol. The van der Waals surface area contributed by atoms with Gasteiger partial charge < -0.3 is 14.2 Å². The fraction of sp³-hybridized carbons (Fsp3) is 0.393. The zero-order valence-corrected chi connectivity index (χ0v) is 22.4. The van der Waals surface area contributed by atoms with Crippen molar-refractivity contribution < 1.29 is 27.2 Å². The smallest absolute Gasteiger partial charge is 0.416 e. The van der Waals surface area contributed by atoms with Crippen molar-refractivity contribution in [1.29, 1.82) is 0 Å². The van der Waals surface area contributed by atoms with Crippen molar-refractivity contribution in [2.45, 2.75) is 64.4 Å². The van der Waals surface area contributed by atoms with E-state index in [1.54, 1.807) is 15.8 Å². The number of halogens is 3. The van der Waals surface area contributed by atoms with Crippen molar-refractivity contribution in [2.24, 2.45) is 0 Å². The zero-order chi connectivity index (χ0) is 28.5. The first-order chi connectivity index (χ1) is 18.9. The molecule has 0 N–H and O–H groups in total. The second kappa shape index (κ2) is 10.7. The summed E-state index contributed by atoms with van der Waals surface area (Å²) in [6.07, 6.45) is -0.837. The third kappa shape index (κ3) is 6.49. The lowest BCUT2D eigenvalue weighted by Gasteiger charge is -2.28. The summed E-state index contributed by atoms with van der Waals surface area (Å²) >= 11 is 0. The highest BCUT2D eigenvalue weighted by Gasteiger charge is 2.33. The molecule has 1 amide bonds. The van der Waals surface area contributed by atoms with E-state index in [2.05, 4.69) is 20.5 Å². The van der Waals surface area contributed by atoms with Gasteiger partial charge in [0.1, 0.15) is 11.3 Å². The van der Waals surface area contributed by atoms with Gasteiger partial charge in [0.15, 0.2) is 0 Å². The molecule has 0 radical (unpaired) electrons. The van der Waals surface area contributed by atoms with Gasteiger partial charge in [-0.1, -0.05) is 46.8 Å². The van der Waals surface area contributed by atoms with E-state index in [1.807, 2.05) is 45.0 Å². The fourth-order valence-electron chi connectivity index (χ4n) is 4.55. The normalized spacial score (nSPS) is 15.9. The Hall–Kier alpha value is -4.22. The molecule has 1 fully saturated rings. The average molecular weight is 555 g/mol. The number of benzene rings is 2. The molecule has 0 aliphatic carbocycles. The molecule has 3 heterocycles. The number of amides is 1. The van der Waals surface area contributed by atoms with Gasteiger partial charge in [0, 0.05) is 30.1 Å². The summed E-state index contributed by atoms with van der Waals surface area (Å²) in [5, 5.41) is 12.3. The second-order valence-corrected chi connectivity index (χ2v) is 10.8. The number of ether oxygens (including phenoxy) is 1. The number of rotatable bonds is 6. The van der Waals surface area contributed by atoms with E-state index in [1.165, 1.54) is 12.1 Å². The van der Waals surface area contributed by atoms with Gasteiger partial charge in [-0.15, -0.1) is 5.10 Å². The summed E-state index contributed by atoms with van der Waals surface area (Å²) in [5.74, 6) is 0.909. The van der Waals surface area contributed by atoms with Gasteiger partial charge in [-0.25, -0.2) is 9.48 Å². The third-order valence-corrected chi connectivity index (χ3v) is 6.49. The predicted octanol–water partition coefficient (Wildman–Crippen LogP) is 6.00. The van der Waals surface area contributed by atoms with Crippen LogP contribution in [0.4, 0.5) is 18.0 Å². The maximum Gasteiger partial charge on any atom is 0.416 e. The lowest BCUT2D eigenvalue weighted by Crippen LogP contribution is -2.40. The molecular formula is C28H29F3N6O3. The molecule has 210 valence electrons. The molecule has 4 aromatic rings. The Labute approximate surface area is 228 Å². The SMILES string of the molecule is CC(C)(C)OC(=O)N1CCC[C@H]1Cc1nc(-c2ccc(Cn3cc(-c4ccc(C(F)(F)F)cc4)nn3)cc2)no1. The molecule has 12 heteroatoms. The van der Waals surface area contributed by atoms with Crippen LogP contribution in [0.15, 0.2) is 59.3 Å². The highest BCUT2D eigenvalue weighted by molar-refractivity contribution is 5.69. The first-order valence-corrected chi connectivity index (χ1v) is 12.9. The van der Waals surface area contributed by atoms with E-state index >= 15 is 0 Å². The van der Waals surface area contributed by atoms with E-state index in [9.17, 15) is 18.0 Å². The van der Waals surface area contributed by atoms with Gasteiger partial charge in [-0.05, 0) is 51.3 Å². The van der Waals surface area contributed by atoms with Gasteiger partial charge in [0.05, 0.1) is 18.3 Å². The minimum atomic E-state index is -4.38. The number of likely N-dealkylation sites (tertiary alicyclic amines) is 1. The Morgan fingerprint density at radius 3 is 2.42 bits per heavy atom. The molecule has 9 nitrogen and oxygen atoms in total. The molecule has 0 saturated carbocycles. The first kappa shape index (κ1) is 27.4. The molecule has 1 aliphatic heterocycles. The van der Waals surface area contributed by atoms with Crippen LogP contribution >= 0.6 is 0 Å². The van der Waals surface area contributed by atoms with Crippen molar-refractivity contribution >= 4 is 6.09 Å². The van der Waals surface area contributed by atoms with E-state index in [0.717, 1.165) is 36.1 Å². The molecule has 2 aromatic heterocycles. The summed E-state index contributed by atoms with van der Waals surface area (Å²) in [5.41, 5.74) is 1.48. The molecule has 2 aromatic carbocycles. The molecule has 1 saturated heterocycles. The average Bonchev–Trinajstić information content (AvgIpc) is 3.65. The fourth-order valence-corrected chi connectivity index (χ4v) is 4.55. The Kier molecular flexibility index (Phi) is 7.35. The standard InChI is InChI=1S/C28H29F3N6O3/c1-27(2,3)39-26(38)37-14-4-5-22(37)15-24-32-25(34-40-24)20-8-6-18(7-9-20)16-36-17-23(33-35-36)19-10-12-21(13-11-19)28(29,30)31/h6-13,17,22H,4-5,14-16H2,1-3H3/t22-/m0/s1. The van der Waals surface area contributed by atoms with Crippen molar-refractivity contribution in [3.8, 4) is 22.6 Å². The molecule has 0 bridgehead atoms. The van der Waals surface area contributed by atoms with Crippen LogP contribution < -0.4 is 0 Å². The summed E-state index contributed by atoms with van der Waals surface area (Å²) in [6.45, 7) is 6.60. The van der Waals surface area contributed by atoms with Crippen molar-refractivity contribution in [2.75, 3.05) is 6.54 Å². The molecule has 5 rings (SSSR count). The number of carbonyl (C=O) groups is 1. The highest BCUT2D eigenvalue weighted by atomic mass is 19.4. The minimum Gasteiger partial charge on any atom is -0.444 e. The van der Waals surface area contributed by atoms with Crippen molar-refractivity contribution in [3.05, 3.63) is 71.7 Å².